The van der Waals surface area contributed by atoms with E-state index in [1.54, 1.807) is 12.4 Å². The molecule has 0 bridgehead atoms. The average Bonchev–Trinajstić information content (AvgIpc) is 2.23. The lowest BCUT2D eigenvalue weighted by atomic mass is 10.1. The Morgan fingerprint density at radius 1 is 1.14 bits per heavy atom. The van der Waals surface area contributed by atoms with Crippen molar-refractivity contribution in [2.24, 2.45) is 0 Å². The van der Waals surface area contributed by atoms with Crippen molar-refractivity contribution in [2.45, 2.75) is 6.92 Å². The maximum atomic E-state index is 5.69. The molecule has 0 aliphatic carbocycles. The number of hydrogen-bond donors (Lipinski definition) is 1. The highest BCUT2D eigenvalue weighted by atomic mass is 14.9. The first kappa shape index (κ1) is 8.62. The summed E-state index contributed by atoms with van der Waals surface area (Å²) in [5, 5.41) is 0. The molecule has 2 aromatic heterocycles. The number of nitrogens with zero attached hydrogens (tertiary/aromatic N) is 3. The third kappa shape index (κ3) is 1.42. The van der Waals surface area contributed by atoms with Crippen LogP contribution in [0.25, 0.3) is 11.3 Å². The lowest BCUT2D eigenvalue weighted by molar-refractivity contribution is 1.14. The van der Waals surface area contributed by atoms with Gasteiger partial charge in [-0.3, -0.25) is 4.98 Å². The van der Waals surface area contributed by atoms with Gasteiger partial charge in [0.2, 0.25) is 0 Å². The van der Waals surface area contributed by atoms with Crippen LogP contribution in [0, 0.1) is 6.92 Å². The molecule has 0 saturated carbocycles. The van der Waals surface area contributed by atoms with Gasteiger partial charge in [0.05, 0.1) is 5.69 Å². The molecule has 2 aromatic rings. The number of hydrogen-bond acceptors (Lipinski definition) is 4. The standard InChI is InChI=1S/C10H10N4/c1-7-9(13-6-14-10(7)11)8-2-4-12-5-3-8/h2-6H,1H3,(H2,11,13,14). The summed E-state index contributed by atoms with van der Waals surface area (Å²) in [5.74, 6) is 0.520. The molecule has 0 aliphatic heterocycles. The minimum absolute atomic E-state index is 0.520. The van der Waals surface area contributed by atoms with E-state index >= 15 is 0 Å². The van der Waals surface area contributed by atoms with Gasteiger partial charge in [0.15, 0.2) is 0 Å². The van der Waals surface area contributed by atoms with Crippen LogP contribution in [-0.4, -0.2) is 15.0 Å². The van der Waals surface area contributed by atoms with E-state index in [2.05, 4.69) is 15.0 Å². The van der Waals surface area contributed by atoms with Crippen LogP contribution in [0.3, 0.4) is 0 Å². The van der Waals surface area contributed by atoms with Crippen molar-refractivity contribution in [2.75, 3.05) is 5.73 Å². The molecule has 2 N–H and O–H groups in total. The highest BCUT2D eigenvalue weighted by Gasteiger charge is 2.05. The Labute approximate surface area is 81.9 Å². The van der Waals surface area contributed by atoms with Crippen molar-refractivity contribution in [3.8, 4) is 11.3 Å². The second kappa shape index (κ2) is 3.41. The second-order valence-electron chi connectivity index (χ2n) is 2.97. The molecule has 0 atom stereocenters. The van der Waals surface area contributed by atoms with Crippen molar-refractivity contribution in [1.82, 2.24) is 15.0 Å². The van der Waals surface area contributed by atoms with Crippen molar-refractivity contribution in [3.63, 3.8) is 0 Å². The van der Waals surface area contributed by atoms with Gasteiger partial charge >= 0.3 is 0 Å². The fraction of sp³-hybridized carbons (Fsp3) is 0.100. The maximum absolute atomic E-state index is 5.69. The van der Waals surface area contributed by atoms with Crippen LogP contribution >= 0.6 is 0 Å². The summed E-state index contributed by atoms with van der Waals surface area (Å²) in [7, 11) is 0. The van der Waals surface area contributed by atoms with Gasteiger partial charge in [0.1, 0.15) is 12.1 Å². The van der Waals surface area contributed by atoms with Gasteiger partial charge < -0.3 is 5.73 Å². The Balaban J connectivity index is 2.58. The minimum atomic E-state index is 0.520. The van der Waals surface area contributed by atoms with Crippen LogP contribution in [0.4, 0.5) is 5.82 Å². The molecular formula is C10H10N4. The van der Waals surface area contributed by atoms with E-state index in [0.717, 1.165) is 16.8 Å². The summed E-state index contributed by atoms with van der Waals surface area (Å²) in [6.45, 7) is 1.91. The first-order valence-electron chi connectivity index (χ1n) is 4.26. The largest absolute Gasteiger partial charge is 0.383 e. The van der Waals surface area contributed by atoms with Gasteiger partial charge in [0.25, 0.3) is 0 Å². The SMILES string of the molecule is Cc1c(N)ncnc1-c1ccncc1. The van der Waals surface area contributed by atoms with Crippen molar-refractivity contribution in [3.05, 3.63) is 36.4 Å². The summed E-state index contributed by atoms with van der Waals surface area (Å²) in [6, 6.07) is 3.80. The van der Waals surface area contributed by atoms with Crippen LogP contribution in [0.15, 0.2) is 30.9 Å². The zero-order valence-electron chi connectivity index (χ0n) is 7.81. The van der Waals surface area contributed by atoms with Crippen molar-refractivity contribution < 1.29 is 0 Å². The number of pyridine rings is 1. The van der Waals surface area contributed by atoms with E-state index in [0.29, 0.717) is 5.82 Å². The molecule has 14 heavy (non-hydrogen) atoms. The van der Waals surface area contributed by atoms with Crippen LogP contribution in [-0.2, 0) is 0 Å². The van der Waals surface area contributed by atoms with Crippen molar-refractivity contribution in [1.29, 1.82) is 0 Å². The summed E-state index contributed by atoms with van der Waals surface area (Å²) in [5.41, 5.74) is 8.46. The zero-order valence-corrected chi connectivity index (χ0v) is 7.81. The minimum Gasteiger partial charge on any atom is -0.383 e. The Morgan fingerprint density at radius 3 is 2.57 bits per heavy atom. The average molecular weight is 186 g/mol. The molecule has 2 heterocycles. The smallest absolute Gasteiger partial charge is 0.130 e. The Hall–Kier alpha value is -1.97. The fourth-order valence-electron chi connectivity index (χ4n) is 1.26. The molecular weight excluding hydrogens is 176 g/mol. The summed E-state index contributed by atoms with van der Waals surface area (Å²) in [4.78, 5) is 12.1. The third-order valence-corrected chi connectivity index (χ3v) is 2.08. The van der Waals surface area contributed by atoms with Gasteiger partial charge in [-0.1, -0.05) is 0 Å². The number of nitrogens with two attached hydrogens (primary N) is 1. The van der Waals surface area contributed by atoms with Gasteiger partial charge in [-0.05, 0) is 19.1 Å². The molecule has 0 fully saturated rings. The molecule has 0 saturated heterocycles. The summed E-state index contributed by atoms with van der Waals surface area (Å²) in [6.07, 6.45) is 4.93. The van der Waals surface area contributed by atoms with Crippen LogP contribution in [0.5, 0.6) is 0 Å². The summed E-state index contributed by atoms with van der Waals surface area (Å²) < 4.78 is 0. The molecule has 0 amide bonds. The van der Waals surface area contributed by atoms with E-state index in [-0.39, 0.29) is 0 Å². The topological polar surface area (TPSA) is 64.7 Å². The molecule has 0 spiro atoms. The number of aromatic nitrogens is 3. The molecule has 70 valence electrons. The van der Waals surface area contributed by atoms with E-state index in [1.165, 1.54) is 6.33 Å². The molecule has 0 radical (unpaired) electrons. The number of rotatable bonds is 1. The van der Waals surface area contributed by atoms with Crippen LogP contribution in [0.2, 0.25) is 0 Å². The Morgan fingerprint density at radius 2 is 1.86 bits per heavy atom. The molecule has 0 unspecified atom stereocenters. The number of nitrogen functional groups attached to an aromatic ring is 1. The van der Waals surface area contributed by atoms with E-state index in [1.807, 2.05) is 19.1 Å². The maximum Gasteiger partial charge on any atom is 0.130 e. The van der Waals surface area contributed by atoms with Crippen LogP contribution in [0.1, 0.15) is 5.56 Å². The van der Waals surface area contributed by atoms with E-state index < -0.39 is 0 Å². The molecule has 0 aliphatic rings. The van der Waals surface area contributed by atoms with Crippen molar-refractivity contribution >= 4 is 5.82 Å². The van der Waals surface area contributed by atoms with Gasteiger partial charge in [0, 0.05) is 23.5 Å². The van der Waals surface area contributed by atoms with Gasteiger partial charge in [-0.15, -0.1) is 0 Å². The normalized spacial score (nSPS) is 10.1. The molecule has 2 rings (SSSR count). The monoisotopic (exact) mass is 186 g/mol. The first-order valence-corrected chi connectivity index (χ1v) is 4.26. The van der Waals surface area contributed by atoms with E-state index in [4.69, 9.17) is 5.73 Å². The lowest BCUT2D eigenvalue weighted by Gasteiger charge is -2.05. The highest BCUT2D eigenvalue weighted by Crippen LogP contribution is 2.21. The van der Waals surface area contributed by atoms with Crippen LogP contribution < -0.4 is 5.73 Å². The van der Waals surface area contributed by atoms with Gasteiger partial charge in [-0.25, -0.2) is 9.97 Å². The summed E-state index contributed by atoms with van der Waals surface area (Å²) >= 11 is 0. The lowest BCUT2D eigenvalue weighted by Crippen LogP contribution is -1.98. The molecule has 4 nitrogen and oxygen atoms in total. The third-order valence-electron chi connectivity index (χ3n) is 2.08. The predicted molar refractivity (Wildman–Crippen MR) is 54.4 cm³/mol. The fourth-order valence-corrected chi connectivity index (χ4v) is 1.26. The quantitative estimate of drug-likeness (QED) is 0.731. The molecule has 0 aromatic carbocycles. The highest BCUT2D eigenvalue weighted by molar-refractivity contribution is 5.66. The Bertz CT molecular complexity index is 439. The zero-order chi connectivity index (χ0) is 9.97. The second-order valence-corrected chi connectivity index (χ2v) is 2.97. The van der Waals surface area contributed by atoms with E-state index in [9.17, 15) is 0 Å². The van der Waals surface area contributed by atoms with Gasteiger partial charge in [-0.2, -0.15) is 0 Å². The predicted octanol–water partition coefficient (Wildman–Crippen LogP) is 1.43. The number of anilines is 1. The Kier molecular flexibility index (Phi) is 2.10. The molecule has 4 heteroatoms. The first-order chi connectivity index (χ1) is 6.79.